The van der Waals surface area contributed by atoms with E-state index >= 15 is 0 Å². The molecule has 0 radical (unpaired) electrons. The summed E-state index contributed by atoms with van der Waals surface area (Å²) < 4.78 is 0. The normalized spacial score (nSPS) is 10.1. The summed E-state index contributed by atoms with van der Waals surface area (Å²) >= 11 is 0. The van der Waals surface area contributed by atoms with Gasteiger partial charge in [-0.1, -0.05) is 0 Å². The lowest BCUT2D eigenvalue weighted by Crippen LogP contribution is -2.20. The van der Waals surface area contributed by atoms with Crippen LogP contribution < -0.4 is 4.90 Å². The topological polar surface area (TPSA) is 54.8 Å². The molecule has 0 spiro atoms. The van der Waals surface area contributed by atoms with Crippen LogP contribution in [-0.2, 0) is 6.54 Å². The van der Waals surface area contributed by atoms with Gasteiger partial charge in [-0.05, 0) is 13.0 Å². The van der Waals surface area contributed by atoms with Gasteiger partial charge in [0.25, 0.3) is 0 Å². The van der Waals surface area contributed by atoms with Crippen LogP contribution in [0.15, 0.2) is 31.0 Å². The van der Waals surface area contributed by atoms with Gasteiger partial charge in [-0.15, -0.1) is 0 Å². The Morgan fingerprint density at radius 1 is 1.19 bits per heavy atom. The van der Waals surface area contributed by atoms with Crippen molar-refractivity contribution in [2.24, 2.45) is 0 Å². The molecule has 0 aliphatic carbocycles. The van der Waals surface area contributed by atoms with Crippen LogP contribution in [0.5, 0.6) is 0 Å². The Labute approximate surface area is 94.2 Å². The highest BCUT2D eigenvalue weighted by Gasteiger charge is 2.07. The van der Waals surface area contributed by atoms with Crippen molar-refractivity contribution in [1.29, 1.82) is 0 Å². The molecule has 0 aliphatic rings. The van der Waals surface area contributed by atoms with Gasteiger partial charge in [0.1, 0.15) is 18.0 Å². The van der Waals surface area contributed by atoms with Crippen molar-refractivity contribution in [3.8, 4) is 0 Å². The second-order valence-corrected chi connectivity index (χ2v) is 3.55. The third-order valence-electron chi connectivity index (χ3n) is 2.23. The minimum absolute atomic E-state index is 0.638. The number of aromatic nitrogens is 4. The second-order valence-electron chi connectivity index (χ2n) is 3.55. The summed E-state index contributed by atoms with van der Waals surface area (Å²) in [6.45, 7) is 2.62. The third-order valence-corrected chi connectivity index (χ3v) is 2.23. The molecule has 0 amide bonds. The predicted octanol–water partition coefficient (Wildman–Crippen LogP) is 1.21. The molecule has 5 heteroatoms. The zero-order valence-corrected chi connectivity index (χ0v) is 9.33. The van der Waals surface area contributed by atoms with Gasteiger partial charge >= 0.3 is 0 Å². The monoisotopic (exact) mass is 215 g/mol. The van der Waals surface area contributed by atoms with Crippen LogP contribution in [0.4, 0.5) is 5.82 Å². The van der Waals surface area contributed by atoms with Gasteiger partial charge in [0.05, 0.1) is 6.54 Å². The highest BCUT2D eigenvalue weighted by molar-refractivity contribution is 5.43. The lowest BCUT2D eigenvalue weighted by molar-refractivity contribution is 0.816. The zero-order chi connectivity index (χ0) is 11.4. The molecule has 2 aromatic heterocycles. The Morgan fingerprint density at radius 2 is 1.94 bits per heavy atom. The maximum absolute atomic E-state index is 4.23. The van der Waals surface area contributed by atoms with Gasteiger partial charge in [-0.25, -0.2) is 19.9 Å². The fourth-order valence-corrected chi connectivity index (χ4v) is 1.49. The molecule has 0 saturated heterocycles. The molecule has 2 rings (SSSR count). The summed E-state index contributed by atoms with van der Waals surface area (Å²) in [7, 11) is 1.96. The largest absolute Gasteiger partial charge is 0.352 e. The van der Waals surface area contributed by atoms with Crippen molar-refractivity contribution in [2.45, 2.75) is 13.5 Å². The van der Waals surface area contributed by atoms with E-state index in [2.05, 4.69) is 19.9 Å². The summed E-state index contributed by atoms with van der Waals surface area (Å²) in [4.78, 5) is 18.6. The molecular weight excluding hydrogens is 202 g/mol. The van der Waals surface area contributed by atoms with E-state index in [0.717, 1.165) is 17.2 Å². The molecule has 0 fully saturated rings. The van der Waals surface area contributed by atoms with E-state index < -0.39 is 0 Å². The smallest absolute Gasteiger partial charge is 0.147 e. The maximum Gasteiger partial charge on any atom is 0.147 e. The van der Waals surface area contributed by atoms with Crippen LogP contribution in [0.25, 0.3) is 0 Å². The minimum atomic E-state index is 0.638. The number of hydrogen-bond donors (Lipinski definition) is 0. The molecule has 0 aliphatic heterocycles. The molecule has 0 saturated carbocycles. The summed E-state index contributed by atoms with van der Waals surface area (Å²) in [5.41, 5.74) is 1.04. The third kappa shape index (κ3) is 2.31. The van der Waals surface area contributed by atoms with E-state index in [4.69, 9.17) is 0 Å². The minimum Gasteiger partial charge on any atom is -0.352 e. The maximum atomic E-state index is 4.23. The lowest BCUT2D eigenvalue weighted by atomic mass is 10.3. The number of rotatable bonds is 3. The first-order valence-corrected chi connectivity index (χ1v) is 5.01. The van der Waals surface area contributed by atoms with Gasteiger partial charge in [-0.3, -0.25) is 0 Å². The van der Waals surface area contributed by atoms with Crippen molar-refractivity contribution >= 4 is 5.82 Å². The SMILES string of the molecule is Cc1cncnc1N(C)Cc1ncccn1. The van der Waals surface area contributed by atoms with E-state index in [1.807, 2.05) is 18.9 Å². The van der Waals surface area contributed by atoms with Gasteiger partial charge in [0.2, 0.25) is 0 Å². The molecule has 82 valence electrons. The Bertz CT molecular complexity index is 457. The van der Waals surface area contributed by atoms with Crippen LogP contribution in [0.2, 0.25) is 0 Å². The first-order valence-electron chi connectivity index (χ1n) is 5.01. The highest BCUT2D eigenvalue weighted by Crippen LogP contribution is 2.14. The molecule has 2 aromatic rings. The molecule has 0 bridgehead atoms. The number of nitrogens with zero attached hydrogens (tertiary/aromatic N) is 5. The van der Waals surface area contributed by atoms with Crippen LogP contribution >= 0.6 is 0 Å². The fourth-order valence-electron chi connectivity index (χ4n) is 1.49. The van der Waals surface area contributed by atoms with Gasteiger partial charge in [-0.2, -0.15) is 0 Å². The Hall–Kier alpha value is -2.04. The van der Waals surface area contributed by atoms with Crippen molar-refractivity contribution in [1.82, 2.24) is 19.9 Å². The predicted molar refractivity (Wildman–Crippen MR) is 60.9 cm³/mol. The molecule has 5 nitrogen and oxygen atoms in total. The Kier molecular flexibility index (Phi) is 3.05. The highest BCUT2D eigenvalue weighted by atomic mass is 15.2. The van der Waals surface area contributed by atoms with Gasteiger partial charge in [0, 0.05) is 31.2 Å². The summed E-state index contributed by atoms with van der Waals surface area (Å²) in [5.74, 6) is 1.69. The Balaban J connectivity index is 2.15. The molecule has 0 N–H and O–H groups in total. The average molecular weight is 215 g/mol. The molecule has 2 heterocycles. The second kappa shape index (κ2) is 4.65. The van der Waals surface area contributed by atoms with Crippen molar-refractivity contribution < 1.29 is 0 Å². The molecule has 0 atom stereocenters. The quantitative estimate of drug-likeness (QED) is 0.770. The average Bonchev–Trinajstić information content (AvgIpc) is 2.31. The van der Waals surface area contributed by atoms with Gasteiger partial charge in [0.15, 0.2) is 0 Å². The van der Waals surface area contributed by atoms with Crippen molar-refractivity contribution in [2.75, 3.05) is 11.9 Å². The molecule has 0 aromatic carbocycles. The van der Waals surface area contributed by atoms with Crippen LogP contribution in [-0.4, -0.2) is 27.0 Å². The van der Waals surface area contributed by atoms with E-state index in [1.54, 1.807) is 31.0 Å². The standard InChI is InChI=1S/C11H13N5/c1-9-6-12-8-15-11(9)16(2)7-10-13-4-3-5-14-10/h3-6,8H,7H2,1-2H3. The van der Waals surface area contributed by atoms with Crippen molar-refractivity contribution in [3.63, 3.8) is 0 Å². The summed E-state index contributed by atoms with van der Waals surface area (Å²) in [5, 5.41) is 0. The molecule has 16 heavy (non-hydrogen) atoms. The fraction of sp³-hybridized carbons (Fsp3) is 0.273. The van der Waals surface area contributed by atoms with Gasteiger partial charge < -0.3 is 4.90 Å². The Morgan fingerprint density at radius 3 is 2.62 bits per heavy atom. The van der Waals surface area contributed by atoms with E-state index in [0.29, 0.717) is 6.54 Å². The summed E-state index contributed by atoms with van der Waals surface area (Å²) in [6, 6.07) is 1.80. The molecule has 0 unspecified atom stereocenters. The zero-order valence-electron chi connectivity index (χ0n) is 9.33. The first kappa shape index (κ1) is 10.5. The van der Waals surface area contributed by atoms with E-state index in [9.17, 15) is 0 Å². The first-order chi connectivity index (χ1) is 7.77. The van der Waals surface area contributed by atoms with E-state index in [-0.39, 0.29) is 0 Å². The summed E-state index contributed by atoms with van der Waals surface area (Å²) in [6.07, 6.45) is 6.82. The van der Waals surface area contributed by atoms with Crippen molar-refractivity contribution in [3.05, 3.63) is 42.4 Å². The number of aryl methyl sites for hydroxylation is 1. The number of hydrogen-bond acceptors (Lipinski definition) is 5. The van der Waals surface area contributed by atoms with Crippen LogP contribution in [0.1, 0.15) is 11.4 Å². The van der Waals surface area contributed by atoms with Crippen LogP contribution in [0, 0.1) is 6.92 Å². The number of anilines is 1. The molecular formula is C11H13N5. The van der Waals surface area contributed by atoms with E-state index in [1.165, 1.54) is 0 Å². The van der Waals surface area contributed by atoms with Crippen LogP contribution in [0.3, 0.4) is 0 Å². The lowest BCUT2D eigenvalue weighted by Gasteiger charge is -2.18.